The van der Waals surface area contributed by atoms with Gasteiger partial charge in [-0.15, -0.1) is 0 Å². The predicted octanol–water partition coefficient (Wildman–Crippen LogP) is 2.53. The molecular weight excluding hydrogens is 300 g/mol. The summed E-state index contributed by atoms with van der Waals surface area (Å²) in [5.41, 5.74) is 1.09. The topological polar surface area (TPSA) is 112 Å². The van der Waals surface area contributed by atoms with Crippen molar-refractivity contribution < 1.29 is 20.6 Å². The third-order valence-electron chi connectivity index (χ3n) is 3.06. The van der Waals surface area contributed by atoms with E-state index in [1.54, 1.807) is 10.8 Å². The van der Waals surface area contributed by atoms with E-state index in [0.717, 1.165) is 12.0 Å². The third kappa shape index (κ3) is 18.3. The summed E-state index contributed by atoms with van der Waals surface area (Å²) in [6.45, 7) is 3.63. The highest BCUT2D eigenvalue weighted by Crippen LogP contribution is 2.18. The molecule has 0 saturated heterocycles. The molecule has 0 radical (unpaired) electrons. The Morgan fingerprint density at radius 3 is 2.09 bits per heavy atom. The van der Waals surface area contributed by atoms with Crippen molar-refractivity contribution in [3.05, 3.63) is 39.5 Å². The zero-order chi connectivity index (χ0) is 17.9. The van der Waals surface area contributed by atoms with Crippen LogP contribution in [0.3, 0.4) is 0 Å². The Kier molecular flexibility index (Phi) is 18.9. The molecule has 3 N–H and O–H groups in total. The molecule has 6 heteroatoms. The van der Waals surface area contributed by atoms with E-state index in [1.165, 1.54) is 45.4 Å². The van der Waals surface area contributed by atoms with Gasteiger partial charge in [-0.2, -0.15) is 0 Å². The summed E-state index contributed by atoms with van der Waals surface area (Å²) in [6.07, 6.45) is 8.29. The lowest BCUT2D eigenvalue weighted by atomic mass is 10.0. The molecule has 0 aromatic heterocycles. The van der Waals surface area contributed by atoms with E-state index in [9.17, 15) is 5.11 Å². The average molecular weight is 330 g/mol. The summed E-state index contributed by atoms with van der Waals surface area (Å²) in [6, 6.07) is 7.65. The first kappa shape index (κ1) is 23.6. The lowest BCUT2D eigenvalue weighted by Gasteiger charge is -2.03. The Morgan fingerprint density at radius 1 is 1.13 bits per heavy atom. The van der Waals surface area contributed by atoms with Gasteiger partial charge in [0.05, 0.1) is 12.7 Å². The summed E-state index contributed by atoms with van der Waals surface area (Å²) < 4.78 is 1.75. The Bertz CT molecular complexity index is 368. The molecule has 0 bridgehead atoms. The van der Waals surface area contributed by atoms with Gasteiger partial charge in [0, 0.05) is 0 Å². The molecule has 0 spiro atoms. The van der Waals surface area contributed by atoms with Crippen LogP contribution in [-0.2, 0) is 6.42 Å². The lowest BCUT2D eigenvalue weighted by molar-refractivity contribution is -0.284. The summed E-state index contributed by atoms with van der Waals surface area (Å²) in [5, 5.41) is 33.4. The molecule has 134 valence electrons. The van der Waals surface area contributed by atoms with Crippen molar-refractivity contribution in [1.82, 2.24) is 0 Å². The SMILES string of the molecule is CC(O)CO.CCCCCCCCc1ccccc1O.O=[O+][O-]. The summed E-state index contributed by atoms with van der Waals surface area (Å²) in [7, 11) is 0. The molecular formula is C17H30O6. The second-order valence-electron chi connectivity index (χ2n) is 5.25. The van der Waals surface area contributed by atoms with E-state index < -0.39 is 6.10 Å². The summed E-state index contributed by atoms with van der Waals surface area (Å²) in [4.78, 5) is 7.88. The lowest BCUT2D eigenvalue weighted by Crippen LogP contribution is -2.03. The minimum absolute atomic E-state index is 0.139. The zero-order valence-electron chi connectivity index (χ0n) is 14.1. The minimum Gasteiger partial charge on any atom is -0.508 e. The Morgan fingerprint density at radius 2 is 1.61 bits per heavy atom. The Labute approximate surface area is 138 Å². The smallest absolute Gasteiger partial charge is 0.154 e. The highest BCUT2D eigenvalue weighted by molar-refractivity contribution is 5.31. The van der Waals surface area contributed by atoms with Crippen LogP contribution in [0.25, 0.3) is 0 Å². The van der Waals surface area contributed by atoms with Crippen molar-refractivity contribution in [1.29, 1.82) is 0 Å². The maximum atomic E-state index is 9.55. The quantitative estimate of drug-likeness (QED) is 0.293. The second kappa shape index (κ2) is 18.4. The minimum atomic E-state index is -0.560. The highest BCUT2D eigenvalue weighted by atomic mass is 17.2. The van der Waals surface area contributed by atoms with E-state index >= 15 is 0 Å². The number of benzene rings is 1. The van der Waals surface area contributed by atoms with Crippen molar-refractivity contribution >= 4 is 0 Å². The maximum Gasteiger partial charge on any atom is 0.154 e. The number of aromatic hydroxyl groups is 1. The second-order valence-corrected chi connectivity index (χ2v) is 5.25. The largest absolute Gasteiger partial charge is 0.508 e. The fourth-order valence-electron chi connectivity index (χ4n) is 1.82. The van der Waals surface area contributed by atoms with Gasteiger partial charge in [0.1, 0.15) is 5.75 Å². The number of unbranched alkanes of at least 4 members (excludes halogenated alkanes) is 5. The van der Waals surface area contributed by atoms with Gasteiger partial charge in [-0.3, -0.25) is 0 Å². The van der Waals surface area contributed by atoms with Crippen molar-refractivity contribution in [3.8, 4) is 5.75 Å². The van der Waals surface area contributed by atoms with E-state index in [1.807, 2.05) is 18.2 Å². The van der Waals surface area contributed by atoms with Gasteiger partial charge < -0.3 is 15.3 Å². The van der Waals surface area contributed by atoms with Crippen LogP contribution in [0.4, 0.5) is 0 Å². The molecule has 1 unspecified atom stereocenters. The number of aliphatic hydroxyl groups excluding tert-OH is 2. The molecule has 0 aliphatic heterocycles. The van der Waals surface area contributed by atoms with E-state index in [0.29, 0.717) is 5.75 Å². The average Bonchev–Trinajstić information content (AvgIpc) is 2.53. The van der Waals surface area contributed by atoms with Crippen molar-refractivity contribution in [3.63, 3.8) is 0 Å². The van der Waals surface area contributed by atoms with Gasteiger partial charge in [-0.1, -0.05) is 67.4 Å². The number of aliphatic hydroxyl groups is 2. The molecule has 0 aliphatic carbocycles. The summed E-state index contributed by atoms with van der Waals surface area (Å²) >= 11 is 0. The number of phenolic OH excluding ortho intramolecular Hbond substituents is 1. The molecule has 6 nitrogen and oxygen atoms in total. The molecule has 1 aromatic carbocycles. The molecule has 23 heavy (non-hydrogen) atoms. The monoisotopic (exact) mass is 330 g/mol. The van der Waals surface area contributed by atoms with Crippen LogP contribution in [0, 0.1) is 9.71 Å². The third-order valence-corrected chi connectivity index (χ3v) is 3.06. The molecule has 0 amide bonds. The predicted molar refractivity (Wildman–Crippen MR) is 90.7 cm³/mol. The van der Waals surface area contributed by atoms with E-state index in [4.69, 9.17) is 20.4 Å². The van der Waals surface area contributed by atoms with E-state index in [-0.39, 0.29) is 6.61 Å². The molecule has 0 aliphatic rings. The maximum absolute atomic E-state index is 9.55. The zero-order valence-corrected chi connectivity index (χ0v) is 14.1. The van der Waals surface area contributed by atoms with Crippen molar-refractivity contribution in [2.75, 3.05) is 6.61 Å². The number of hydrogen-bond acceptors (Lipinski definition) is 5. The standard InChI is InChI=1S/C14H22O.C3H8O2.O3/c1-2-3-4-5-6-7-10-13-11-8-9-12-14(13)15;1-3(5)2-4;1-3-2/h8-9,11-12,15H,2-7,10H2,1H3;3-5H,2H2,1H3;. The van der Waals surface area contributed by atoms with Gasteiger partial charge in [0.15, 0.2) is 4.75 Å². The van der Waals surface area contributed by atoms with Crippen LogP contribution in [0.1, 0.15) is 57.9 Å². The molecule has 1 rings (SSSR count). The first-order valence-corrected chi connectivity index (χ1v) is 8.00. The number of aryl methyl sites for hydroxylation is 1. The number of phenols is 1. The fourth-order valence-corrected chi connectivity index (χ4v) is 1.82. The van der Waals surface area contributed by atoms with Crippen LogP contribution < -0.4 is 5.26 Å². The normalized spacial score (nSPS) is 10.6. The first-order chi connectivity index (χ1) is 11.0. The van der Waals surface area contributed by atoms with Crippen molar-refractivity contribution in [2.24, 2.45) is 0 Å². The van der Waals surface area contributed by atoms with Gasteiger partial charge in [-0.05, 0) is 31.4 Å². The summed E-state index contributed by atoms with van der Waals surface area (Å²) in [5.74, 6) is 0.450. The molecule has 0 heterocycles. The first-order valence-electron chi connectivity index (χ1n) is 8.00. The van der Waals surface area contributed by atoms with Crippen LogP contribution in [0.2, 0.25) is 0 Å². The van der Waals surface area contributed by atoms with Crippen LogP contribution in [0.15, 0.2) is 24.3 Å². The van der Waals surface area contributed by atoms with Crippen LogP contribution >= 0.6 is 0 Å². The number of para-hydroxylation sites is 1. The Hall–Kier alpha value is -1.66. The van der Waals surface area contributed by atoms with Gasteiger partial charge in [-0.25, -0.2) is 0 Å². The van der Waals surface area contributed by atoms with Crippen LogP contribution in [0.5, 0.6) is 5.75 Å². The Balaban J connectivity index is 0. The molecule has 1 aromatic rings. The fraction of sp³-hybridized carbons (Fsp3) is 0.647. The highest BCUT2D eigenvalue weighted by Gasteiger charge is 1.98. The van der Waals surface area contributed by atoms with Crippen molar-refractivity contribution in [2.45, 2.75) is 64.9 Å². The van der Waals surface area contributed by atoms with Gasteiger partial charge >= 0.3 is 0 Å². The number of hydrogen-bond donors (Lipinski definition) is 3. The van der Waals surface area contributed by atoms with E-state index in [2.05, 4.69) is 6.92 Å². The molecule has 0 saturated carbocycles. The van der Waals surface area contributed by atoms with Gasteiger partial charge in [0.2, 0.25) is 0 Å². The molecule has 1 atom stereocenters. The van der Waals surface area contributed by atoms with Crippen LogP contribution in [-0.4, -0.2) is 28.0 Å². The van der Waals surface area contributed by atoms with Gasteiger partial charge in [0.25, 0.3) is 0 Å². The number of rotatable bonds is 8. The molecule has 0 fully saturated rings.